The molecule has 1 fully saturated rings. The zero-order chi connectivity index (χ0) is 17.2. The molecule has 0 radical (unpaired) electrons. The molecule has 1 heterocycles. The Bertz CT molecular complexity index is 628. The van der Waals surface area contributed by atoms with Gasteiger partial charge in [0.2, 0.25) is 0 Å². The minimum Gasteiger partial charge on any atom is -0.455 e. The molecule has 0 spiro atoms. The van der Waals surface area contributed by atoms with E-state index < -0.39 is 42.6 Å². The largest absolute Gasteiger partial charge is 0.455 e. The normalized spacial score (nSPS) is 21.4. The number of nitrogens with one attached hydrogen (secondary N) is 2. The van der Waals surface area contributed by atoms with Gasteiger partial charge in [-0.2, -0.15) is 13.2 Å². The summed E-state index contributed by atoms with van der Waals surface area (Å²) >= 11 is 0. The maximum atomic E-state index is 13.0. The average molecular weight is 332 g/mol. The molecule has 1 aliphatic rings. The van der Waals surface area contributed by atoms with E-state index in [1.807, 2.05) is 0 Å². The highest BCUT2D eigenvalue weighted by Crippen LogP contribution is 2.31. The van der Waals surface area contributed by atoms with Crippen molar-refractivity contribution in [3.63, 3.8) is 0 Å². The van der Waals surface area contributed by atoms with Crippen LogP contribution >= 0.6 is 0 Å². The Hall–Kier alpha value is -2.58. The number of alkyl halides is 3. The first kappa shape index (κ1) is 16.8. The molecule has 1 aromatic carbocycles. The molecule has 9 heteroatoms. The number of urea groups is 1. The second-order valence-electron chi connectivity index (χ2n) is 4.85. The van der Waals surface area contributed by atoms with E-state index in [0.29, 0.717) is 5.56 Å². The third-order valence-electron chi connectivity index (χ3n) is 3.13. The fourth-order valence-electron chi connectivity index (χ4n) is 2.15. The van der Waals surface area contributed by atoms with Crippen LogP contribution in [0.5, 0.6) is 0 Å². The lowest BCUT2D eigenvalue weighted by Gasteiger charge is -2.33. The molecule has 0 saturated carbocycles. The van der Waals surface area contributed by atoms with Gasteiger partial charge in [-0.1, -0.05) is 18.7 Å². The molecule has 0 aliphatic carbocycles. The van der Waals surface area contributed by atoms with Crippen molar-refractivity contribution in [3.05, 3.63) is 47.9 Å². The Morgan fingerprint density at radius 2 is 1.87 bits per heavy atom. The van der Waals surface area contributed by atoms with Crippen molar-refractivity contribution in [1.29, 1.82) is 0 Å². The Morgan fingerprint density at radius 3 is 2.43 bits per heavy atom. The molecular weight excluding hydrogens is 320 g/mol. The van der Waals surface area contributed by atoms with E-state index in [0.717, 1.165) is 12.1 Å². The first-order chi connectivity index (χ1) is 10.7. The number of esters is 1. The van der Waals surface area contributed by atoms with Crippen molar-refractivity contribution >= 4 is 12.0 Å². The molecule has 1 saturated heterocycles. The van der Waals surface area contributed by atoms with Crippen LogP contribution in [-0.2, 0) is 9.53 Å². The highest BCUT2D eigenvalue weighted by molar-refractivity contribution is 5.85. The van der Waals surface area contributed by atoms with Crippen LogP contribution in [0.25, 0.3) is 0 Å². The molecule has 0 bridgehead atoms. The van der Waals surface area contributed by atoms with Crippen LogP contribution in [0.15, 0.2) is 36.5 Å². The monoisotopic (exact) mass is 332 g/mol. The fourth-order valence-corrected chi connectivity index (χ4v) is 2.15. The van der Waals surface area contributed by atoms with Gasteiger partial charge in [-0.05, 0) is 17.7 Å². The van der Waals surface area contributed by atoms with E-state index in [9.17, 15) is 27.2 Å². The molecule has 2 amide bonds. The predicted octanol–water partition coefficient (Wildman–Crippen LogP) is 2.42. The van der Waals surface area contributed by atoms with Gasteiger partial charge in [0.1, 0.15) is 11.7 Å². The molecule has 1 aliphatic heterocycles. The zero-order valence-corrected chi connectivity index (χ0v) is 11.6. The Balaban J connectivity index is 2.24. The highest BCUT2D eigenvalue weighted by atomic mass is 19.4. The predicted molar refractivity (Wildman–Crippen MR) is 70.5 cm³/mol. The summed E-state index contributed by atoms with van der Waals surface area (Å²) in [6.45, 7) is 1.73. The fraction of sp³-hybridized carbons (Fsp3) is 0.286. The van der Waals surface area contributed by atoms with Crippen molar-refractivity contribution in [3.8, 4) is 0 Å². The van der Waals surface area contributed by atoms with Gasteiger partial charge in [0.15, 0.2) is 6.61 Å². The Morgan fingerprint density at radius 1 is 1.26 bits per heavy atom. The molecule has 2 rings (SSSR count). The van der Waals surface area contributed by atoms with Crippen LogP contribution in [0.4, 0.5) is 22.4 Å². The number of hydrogen-bond acceptors (Lipinski definition) is 3. The Kier molecular flexibility index (Phi) is 4.57. The highest BCUT2D eigenvalue weighted by Gasteiger charge is 2.40. The standard InChI is InChI=1S/C14H12F4N2O3/c1-7-10(12(21)23-6-14(16,17)18)11(20-13(22)19-7)8-2-4-9(15)5-3-8/h2-5,10-11H,1,6H2,(H2,19,20,22). The van der Waals surface area contributed by atoms with Crippen molar-refractivity contribution < 1.29 is 31.9 Å². The number of carbonyl (C=O) groups excluding carboxylic acids is 2. The zero-order valence-electron chi connectivity index (χ0n) is 11.6. The van der Waals surface area contributed by atoms with Gasteiger partial charge in [0, 0.05) is 5.70 Å². The minimum atomic E-state index is -4.67. The summed E-state index contributed by atoms with van der Waals surface area (Å²) in [5.41, 5.74) is 0.228. The summed E-state index contributed by atoms with van der Waals surface area (Å²) in [4.78, 5) is 23.5. The van der Waals surface area contributed by atoms with Crippen molar-refractivity contribution in [2.24, 2.45) is 5.92 Å². The molecule has 0 aromatic heterocycles. The molecule has 1 aromatic rings. The summed E-state index contributed by atoms with van der Waals surface area (Å²) < 4.78 is 53.8. The van der Waals surface area contributed by atoms with Gasteiger partial charge < -0.3 is 15.4 Å². The van der Waals surface area contributed by atoms with Crippen LogP contribution in [-0.4, -0.2) is 24.8 Å². The quantitative estimate of drug-likeness (QED) is 0.660. The number of rotatable bonds is 3. The number of hydrogen-bond donors (Lipinski definition) is 2. The SMILES string of the molecule is C=C1NC(=O)NC(c2ccc(F)cc2)C1C(=O)OCC(F)(F)F. The molecule has 23 heavy (non-hydrogen) atoms. The summed E-state index contributed by atoms with van der Waals surface area (Å²) in [5.74, 6) is -3.02. The molecule has 2 unspecified atom stereocenters. The maximum Gasteiger partial charge on any atom is 0.422 e. The Labute approximate surface area is 128 Å². The van der Waals surface area contributed by atoms with Gasteiger partial charge in [0.05, 0.1) is 6.04 Å². The first-order valence-corrected chi connectivity index (χ1v) is 6.42. The van der Waals surface area contributed by atoms with Crippen LogP contribution in [0.1, 0.15) is 11.6 Å². The van der Waals surface area contributed by atoms with E-state index in [4.69, 9.17) is 0 Å². The van der Waals surface area contributed by atoms with Gasteiger partial charge in [-0.15, -0.1) is 0 Å². The lowest BCUT2D eigenvalue weighted by Crippen LogP contribution is -2.51. The van der Waals surface area contributed by atoms with Gasteiger partial charge in [-0.3, -0.25) is 4.79 Å². The van der Waals surface area contributed by atoms with Crippen molar-refractivity contribution in [2.45, 2.75) is 12.2 Å². The van der Waals surface area contributed by atoms with Gasteiger partial charge in [0.25, 0.3) is 0 Å². The third kappa shape index (κ3) is 4.21. The van der Waals surface area contributed by atoms with Crippen molar-refractivity contribution in [2.75, 3.05) is 6.61 Å². The summed E-state index contributed by atoms with van der Waals surface area (Å²) in [6, 6.07) is 3.13. The van der Waals surface area contributed by atoms with Gasteiger partial charge in [-0.25, -0.2) is 9.18 Å². The van der Waals surface area contributed by atoms with E-state index >= 15 is 0 Å². The summed E-state index contributed by atoms with van der Waals surface area (Å²) in [7, 11) is 0. The third-order valence-corrected chi connectivity index (χ3v) is 3.13. The average Bonchev–Trinajstić information content (AvgIpc) is 2.44. The van der Waals surface area contributed by atoms with Crippen LogP contribution < -0.4 is 10.6 Å². The smallest absolute Gasteiger partial charge is 0.422 e. The molecular formula is C14H12F4N2O3. The number of halogens is 4. The molecule has 2 N–H and O–H groups in total. The molecule has 5 nitrogen and oxygen atoms in total. The van der Waals surface area contributed by atoms with E-state index in [2.05, 4.69) is 21.9 Å². The van der Waals surface area contributed by atoms with E-state index in [1.54, 1.807) is 0 Å². The van der Waals surface area contributed by atoms with Crippen LogP contribution in [0, 0.1) is 11.7 Å². The van der Waals surface area contributed by atoms with Crippen LogP contribution in [0.2, 0.25) is 0 Å². The lowest BCUT2D eigenvalue weighted by atomic mass is 9.89. The number of carbonyl (C=O) groups is 2. The lowest BCUT2D eigenvalue weighted by molar-refractivity contribution is -0.189. The van der Waals surface area contributed by atoms with E-state index in [-0.39, 0.29) is 5.70 Å². The van der Waals surface area contributed by atoms with Crippen LogP contribution in [0.3, 0.4) is 0 Å². The number of benzene rings is 1. The summed E-state index contributed by atoms with van der Waals surface area (Å²) in [6.07, 6.45) is -4.67. The molecule has 2 atom stereocenters. The topological polar surface area (TPSA) is 67.4 Å². The van der Waals surface area contributed by atoms with Crippen molar-refractivity contribution in [1.82, 2.24) is 10.6 Å². The maximum absolute atomic E-state index is 13.0. The van der Waals surface area contributed by atoms with E-state index in [1.165, 1.54) is 12.1 Å². The second kappa shape index (κ2) is 6.27. The van der Waals surface area contributed by atoms with Gasteiger partial charge >= 0.3 is 18.2 Å². The second-order valence-corrected chi connectivity index (χ2v) is 4.85. The first-order valence-electron chi connectivity index (χ1n) is 6.42. The number of amides is 2. The number of ether oxygens (including phenoxy) is 1. The summed E-state index contributed by atoms with van der Waals surface area (Å²) in [5, 5.41) is 4.61. The minimum absolute atomic E-state index is 0.102. The molecule has 124 valence electrons.